The lowest BCUT2D eigenvalue weighted by Gasteiger charge is -2.20. The molecule has 1 amide bonds. The smallest absolute Gasteiger partial charge is 0.335 e. The molecule has 0 saturated carbocycles. The second-order valence-electron chi connectivity index (χ2n) is 4.19. The Bertz CT molecular complexity index is 551. The minimum atomic E-state index is -1.06. The number of likely N-dealkylation sites (N-methyl/N-ethyl adjacent to an activating group) is 1. The number of carbonyl (C=O) groups is 2. The Morgan fingerprint density at radius 3 is 2.75 bits per heavy atom. The predicted molar refractivity (Wildman–Crippen MR) is 74.3 cm³/mol. The van der Waals surface area contributed by atoms with Gasteiger partial charge in [0.2, 0.25) is 5.91 Å². The lowest BCUT2D eigenvalue weighted by Crippen LogP contribution is -2.35. The highest BCUT2D eigenvalue weighted by atomic mass is 16.4. The molecule has 0 saturated heterocycles. The van der Waals surface area contributed by atoms with Crippen LogP contribution in [0.5, 0.6) is 0 Å². The zero-order valence-electron chi connectivity index (χ0n) is 11.1. The second-order valence-corrected chi connectivity index (χ2v) is 4.19. The third-order valence-corrected chi connectivity index (χ3v) is 2.63. The molecule has 1 aromatic rings. The van der Waals surface area contributed by atoms with Gasteiger partial charge in [-0.2, -0.15) is 5.26 Å². The van der Waals surface area contributed by atoms with Crippen molar-refractivity contribution in [2.75, 3.05) is 30.8 Å². The Balaban J connectivity index is 2.68. The van der Waals surface area contributed by atoms with E-state index >= 15 is 0 Å². The van der Waals surface area contributed by atoms with E-state index in [2.05, 4.69) is 5.32 Å². The van der Waals surface area contributed by atoms with Crippen LogP contribution in [0.3, 0.4) is 0 Å². The van der Waals surface area contributed by atoms with Crippen molar-refractivity contribution in [3.05, 3.63) is 23.8 Å². The molecule has 0 spiro atoms. The number of hydrogen-bond acceptors (Lipinski definition) is 5. The first-order valence-electron chi connectivity index (χ1n) is 5.93. The van der Waals surface area contributed by atoms with Gasteiger partial charge in [0.25, 0.3) is 0 Å². The fraction of sp³-hybridized carbons (Fsp3) is 0.308. The first-order valence-corrected chi connectivity index (χ1v) is 5.93. The number of nitrogens with two attached hydrogens (primary N) is 1. The van der Waals surface area contributed by atoms with Gasteiger partial charge in [-0.1, -0.05) is 0 Å². The van der Waals surface area contributed by atoms with Crippen LogP contribution in [0.15, 0.2) is 18.2 Å². The number of benzene rings is 1. The lowest BCUT2D eigenvalue weighted by atomic mass is 10.1. The summed E-state index contributed by atoms with van der Waals surface area (Å²) in [5.41, 5.74) is 6.74. The molecule has 1 rings (SSSR count). The van der Waals surface area contributed by atoms with Gasteiger partial charge in [-0.15, -0.1) is 0 Å². The quantitative estimate of drug-likeness (QED) is 0.512. The number of rotatable bonds is 6. The van der Waals surface area contributed by atoms with Crippen LogP contribution in [0.2, 0.25) is 0 Å². The van der Waals surface area contributed by atoms with Gasteiger partial charge in [-0.25, -0.2) is 4.79 Å². The number of carboxylic acids is 1. The summed E-state index contributed by atoms with van der Waals surface area (Å²) in [6.45, 7) is 0.374. The lowest BCUT2D eigenvalue weighted by molar-refractivity contribution is -0.119. The number of hydrogen-bond donors (Lipinski definition) is 3. The topological polar surface area (TPSA) is 119 Å². The maximum absolute atomic E-state index is 11.6. The van der Waals surface area contributed by atoms with Crippen LogP contribution in [-0.4, -0.2) is 37.1 Å². The number of nitrogens with one attached hydrogen (secondary N) is 1. The second kappa shape index (κ2) is 6.99. The van der Waals surface area contributed by atoms with E-state index in [0.717, 1.165) is 0 Å². The minimum absolute atomic E-state index is 0.0715. The summed E-state index contributed by atoms with van der Waals surface area (Å²) < 4.78 is 0. The van der Waals surface area contributed by atoms with E-state index in [1.807, 2.05) is 6.07 Å². The van der Waals surface area contributed by atoms with Crippen LogP contribution in [0.25, 0.3) is 0 Å². The number of amides is 1. The molecular formula is C13H16N4O3. The summed E-state index contributed by atoms with van der Waals surface area (Å²) in [6.07, 6.45) is 0.255. The Labute approximate surface area is 116 Å². The van der Waals surface area contributed by atoms with E-state index in [1.54, 1.807) is 18.0 Å². The van der Waals surface area contributed by atoms with Gasteiger partial charge in [-0.05, 0) is 18.2 Å². The molecule has 7 nitrogen and oxygen atoms in total. The Kier molecular flexibility index (Phi) is 5.35. The van der Waals surface area contributed by atoms with Crippen molar-refractivity contribution in [1.82, 2.24) is 5.32 Å². The number of nitrogen functional groups attached to an aromatic ring is 1. The van der Waals surface area contributed by atoms with Crippen LogP contribution in [-0.2, 0) is 4.79 Å². The highest BCUT2D eigenvalue weighted by Crippen LogP contribution is 2.23. The van der Waals surface area contributed by atoms with Crippen LogP contribution >= 0.6 is 0 Å². The monoisotopic (exact) mass is 276 g/mol. The molecule has 0 aliphatic rings. The van der Waals surface area contributed by atoms with Crippen molar-refractivity contribution in [2.24, 2.45) is 0 Å². The molecule has 0 atom stereocenters. The first kappa shape index (κ1) is 15.3. The molecule has 0 heterocycles. The maximum Gasteiger partial charge on any atom is 0.335 e. The van der Waals surface area contributed by atoms with E-state index in [0.29, 0.717) is 12.2 Å². The molecule has 4 N–H and O–H groups in total. The molecule has 0 bridgehead atoms. The fourth-order valence-corrected chi connectivity index (χ4v) is 1.65. The zero-order chi connectivity index (χ0) is 15.1. The molecule has 0 radical (unpaired) electrons. The summed E-state index contributed by atoms with van der Waals surface area (Å²) >= 11 is 0. The average Bonchev–Trinajstić information content (AvgIpc) is 2.38. The van der Waals surface area contributed by atoms with Gasteiger partial charge in [0.15, 0.2) is 0 Å². The van der Waals surface area contributed by atoms with E-state index in [-0.39, 0.29) is 30.1 Å². The zero-order valence-corrected chi connectivity index (χ0v) is 11.1. The maximum atomic E-state index is 11.6. The molecule has 0 aliphatic heterocycles. The fourth-order valence-electron chi connectivity index (χ4n) is 1.65. The Morgan fingerprint density at radius 1 is 1.50 bits per heavy atom. The van der Waals surface area contributed by atoms with Gasteiger partial charge in [-0.3, -0.25) is 4.79 Å². The van der Waals surface area contributed by atoms with E-state index < -0.39 is 5.97 Å². The molecule has 20 heavy (non-hydrogen) atoms. The van der Waals surface area contributed by atoms with Gasteiger partial charge in [0.05, 0.1) is 36.0 Å². The summed E-state index contributed by atoms with van der Waals surface area (Å²) in [6, 6.07) is 6.26. The normalized spacial score (nSPS) is 9.60. The molecule has 0 unspecified atom stereocenters. The molecule has 0 aromatic heterocycles. The number of nitriles is 1. The molecule has 106 valence electrons. The summed E-state index contributed by atoms with van der Waals surface area (Å²) in [5, 5.41) is 19.8. The number of carboxylic acid groups (broad SMARTS) is 1. The van der Waals surface area contributed by atoms with Crippen LogP contribution < -0.4 is 16.0 Å². The van der Waals surface area contributed by atoms with Gasteiger partial charge < -0.3 is 21.1 Å². The van der Waals surface area contributed by atoms with Gasteiger partial charge in [0, 0.05) is 13.6 Å². The molecule has 1 aromatic carbocycles. The first-order chi connectivity index (χ1) is 9.45. The minimum Gasteiger partial charge on any atom is -0.478 e. The molecular weight excluding hydrogens is 260 g/mol. The van der Waals surface area contributed by atoms with Crippen molar-refractivity contribution >= 4 is 23.3 Å². The van der Waals surface area contributed by atoms with Crippen LogP contribution in [0.4, 0.5) is 11.4 Å². The third kappa shape index (κ3) is 4.17. The molecule has 0 aliphatic carbocycles. The summed E-state index contributed by atoms with van der Waals surface area (Å²) in [7, 11) is 1.68. The number of anilines is 2. The third-order valence-electron chi connectivity index (χ3n) is 2.63. The molecule has 0 fully saturated rings. The van der Waals surface area contributed by atoms with Crippen molar-refractivity contribution in [3.8, 4) is 6.07 Å². The highest BCUT2D eigenvalue weighted by Gasteiger charge is 2.12. The largest absolute Gasteiger partial charge is 0.478 e. The molecule has 7 heteroatoms. The van der Waals surface area contributed by atoms with Crippen LogP contribution in [0, 0.1) is 11.3 Å². The van der Waals surface area contributed by atoms with E-state index in [1.165, 1.54) is 12.1 Å². The number of nitrogens with zero attached hydrogens (tertiary/aromatic N) is 2. The SMILES string of the molecule is CN(CC(=O)NCCC#N)c1ccc(C(=O)O)cc1N. The van der Waals surface area contributed by atoms with E-state index in [4.69, 9.17) is 16.1 Å². The number of aromatic carboxylic acids is 1. The van der Waals surface area contributed by atoms with Gasteiger partial charge >= 0.3 is 5.97 Å². The average molecular weight is 276 g/mol. The number of carbonyl (C=O) groups excluding carboxylic acids is 1. The predicted octanol–water partition coefficient (Wildman–Crippen LogP) is 0.433. The van der Waals surface area contributed by atoms with Crippen molar-refractivity contribution in [2.45, 2.75) is 6.42 Å². The Hall–Kier alpha value is -2.75. The standard InChI is InChI=1S/C13H16N4O3/c1-17(8-12(18)16-6-2-5-14)11-4-3-9(13(19)20)7-10(11)15/h3-4,7H,2,6,8,15H2,1H3,(H,16,18)(H,19,20). The van der Waals surface area contributed by atoms with Crippen LogP contribution in [0.1, 0.15) is 16.8 Å². The summed E-state index contributed by atoms with van der Waals surface area (Å²) in [4.78, 5) is 24.0. The van der Waals surface area contributed by atoms with Crippen molar-refractivity contribution < 1.29 is 14.7 Å². The van der Waals surface area contributed by atoms with Crippen molar-refractivity contribution in [3.63, 3.8) is 0 Å². The van der Waals surface area contributed by atoms with Gasteiger partial charge in [0.1, 0.15) is 0 Å². The summed E-state index contributed by atoms with van der Waals surface area (Å²) in [5.74, 6) is -1.29. The van der Waals surface area contributed by atoms with E-state index in [9.17, 15) is 9.59 Å². The Morgan fingerprint density at radius 2 is 2.20 bits per heavy atom. The van der Waals surface area contributed by atoms with Crippen molar-refractivity contribution in [1.29, 1.82) is 5.26 Å². The highest BCUT2D eigenvalue weighted by molar-refractivity contribution is 5.91.